The maximum absolute atomic E-state index is 8.73. The van der Waals surface area contributed by atoms with Crippen LogP contribution in [0.5, 0.6) is 5.75 Å². The van der Waals surface area contributed by atoms with Gasteiger partial charge in [-0.1, -0.05) is 0 Å². The van der Waals surface area contributed by atoms with Gasteiger partial charge in [-0.2, -0.15) is 5.26 Å². The number of rotatable bonds is 4. The van der Waals surface area contributed by atoms with Gasteiger partial charge < -0.3 is 9.47 Å². The van der Waals surface area contributed by atoms with Gasteiger partial charge in [-0.3, -0.25) is 0 Å². The van der Waals surface area contributed by atoms with Crippen LogP contribution in [0.15, 0.2) is 22.7 Å². The van der Waals surface area contributed by atoms with Crippen LogP contribution in [0.2, 0.25) is 0 Å². The summed E-state index contributed by atoms with van der Waals surface area (Å²) < 4.78 is 11.3. The van der Waals surface area contributed by atoms with Gasteiger partial charge in [0.2, 0.25) is 0 Å². The summed E-state index contributed by atoms with van der Waals surface area (Å²) in [7, 11) is 1.63. The van der Waals surface area contributed by atoms with E-state index in [1.807, 2.05) is 6.92 Å². The van der Waals surface area contributed by atoms with Crippen molar-refractivity contribution < 1.29 is 9.47 Å². The summed E-state index contributed by atoms with van der Waals surface area (Å²) in [6, 6.07) is 7.35. The summed E-state index contributed by atoms with van der Waals surface area (Å²) in [6.45, 7) is 2.47. The minimum Gasteiger partial charge on any atom is -0.488 e. The standard InChI is InChI=1S/C11H12BrNO2/c1-8(7-14-2)15-10-4-3-9(6-13)11(12)5-10/h3-5,8H,7H2,1-2H3. The molecule has 0 N–H and O–H groups in total. The van der Waals surface area contributed by atoms with E-state index in [1.54, 1.807) is 25.3 Å². The van der Waals surface area contributed by atoms with Crippen LogP contribution in [0.3, 0.4) is 0 Å². The Balaban J connectivity index is 2.72. The van der Waals surface area contributed by atoms with Crippen LogP contribution in [0.4, 0.5) is 0 Å². The Bertz CT molecular complexity index is 373. The number of benzene rings is 1. The number of hydrogen-bond donors (Lipinski definition) is 0. The molecule has 0 amide bonds. The molecule has 0 spiro atoms. The molecule has 4 heteroatoms. The maximum Gasteiger partial charge on any atom is 0.121 e. The van der Waals surface area contributed by atoms with Gasteiger partial charge in [0, 0.05) is 11.6 Å². The average Bonchev–Trinajstić information content (AvgIpc) is 2.18. The average molecular weight is 270 g/mol. The molecule has 0 aromatic heterocycles. The molecule has 1 rings (SSSR count). The number of methoxy groups -OCH3 is 1. The highest BCUT2D eigenvalue weighted by atomic mass is 79.9. The van der Waals surface area contributed by atoms with Crippen molar-refractivity contribution in [1.82, 2.24) is 0 Å². The Labute approximate surface area is 97.7 Å². The highest BCUT2D eigenvalue weighted by Crippen LogP contribution is 2.23. The Hall–Kier alpha value is -1.05. The lowest BCUT2D eigenvalue weighted by Gasteiger charge is -2.13. The minimum atomic E-state index is -0.00478. The van der Waals surface area contributed by atoms with E-state index in [0.717, 1.165) is 10.2 Å². The maximum atomic E-state index is 8.73. The molecule has 0 aliphatic rings. The van der Waals surface area contributed by atoms with Crippen molar-refractivity contribution in [2.75, 3.05) is 13.7 Å². The molecule has 0 fully saturated rings. The second-order valence-corrected chi connectivity index (χ2v) is 3.99. The van der Waals surface area contributed by atoms with Crippen molar-refractivity contribution >= 4 is 15.9 Å². The van der Waals surface area contributed by atoms with Gasteiger partial charge >= 0.3 is 0 Å². The number of halogens is 1. The molecule has 80 valence electrons. The number of hydrogen-bond acceptors (Lipinski definition) is 3. The van der Waals surface area contributed by atoms with Crippen molar-refractivity contribution in [2.24, 2.45) is 0 Å². The molecule has 1 unspecified atom stereocenters. The van der Waals surface area contributed by atoms with E-state index in [9.17, 15) is 0 Å². The molecule has 0 radical (unpaired) electrons. The van der Waals surface area contributed by atoms with Crippen molar-refractivity contribution in [3.63, 3.8) is 0 Å². The number of ether oxygens (including phenoxy) is 2. The van der Waals surface area contributed by atoms with Crippen molar-refractivity contribution in [1.29, 1.82) is 5.26 Å². The first-order valence-electron chi connectivity index (χ1n) is 4.52. The first-order valence-corrected chi connectivity index (χ1v) is 5.32. The molecule has 0 heterocycles. The van der Waals surface area contributed by atoms with Gasteiger partial charge in [-0.05, 0) is 41.1 Å². The lowest BCUT2D eigenvalue weighted by molar-refractivity contribution is 0.0920. The van der Waals surface area contributed by atoms with Crippen LogP contribution >= 0.6 is 15.9 Å². The molecule has 15 heavy (non-hydrogen) atoms. The molecule has 1 aromatic rings. The predicted octanol–water partition coefficient (Wildman–Crippen LogP) is 2.73. The highest BCUT2D eigenvalue weighted by molar-refractivity contribution is 9.10. The fourth-order valence-corrected chi connectivity index (χ4v) is 1.61. The zero-order valence-electron chi connectivity index (χ0n) is 8.66. The Morgan fingerprint density at radius 2 is 2.27 bits per heavy atom. The summed E-state index contributed by atoms with van der Waals surface area (Å²) in [4.78, 5) is 0. The first-order chi connectivity index (χ1) is 7.17. The summed E-state index contributed by atoms with van der Waals surface area (Å²) in [5.41, 5.74) is 0.599. The third kappa shape index (κ3) is 3.54. The van der Waals surface area contributed by atoms with Crippen molar-refractivity contribution in [3.8, 4) is 11.8 Å². The summed E-state index contributed by atoms with van der Waals surface area (Å²) in [6.07, 6.45) is -0.00478. The largest absolute Gasteiger partial charge is 0.488 e. The fourth-order valence-electron chi connectivity index (χ4n) is 1.16. The molecule has 0 saturated carbocycles. The normalized spacial score (nSPS) is 11.9. The van der Waals surface area contributed by atoms with E-state index in [0.29, 0.717) is 12.2 Å². The molecular weight excluding hydrogens is 258 g/mol. The third-order valence-corrected chi connectivity index (χ3v) is 2.46. The van der Waals surface area contributed by atoms with Crippen molar-refractivity contribution in [2.45, 2.75) is 13.0 Å². The van der Waals surface area contributed by atoms with Crippen LogP contribution in [0, 0.1) is 11.3 Å². The quantitative estimate of drug-likeness (QED) is 0.844. The SMILES string of the molecule is COCC(C)Oc1ccc(C#N)c(Br)c1. The lowest BCUT2D eigenvalue weighted by Crippen LogP contribution is -2.17. The minimum absolute atomic E-state index is 0.00478. The number of nitriles is 1. The van der Waals surface area contributed by atoms with Crippen LogP contribution < -0.4 is 4.74 Å². The zero-order valence-corrected chi connectivity index (χ0v) is 10.2. The van der Waals surface area contributed by atoms with E-state index in [4.69, 9.17) is 14.7 Å². The summed E-state index contributed by atoms with van der Waals surface area (Å²) >= 11 is 3.30. The predicted molar refractivity (Wildman–Crippen MR) is 60.8 cm³/mol. The molecule has 1 aromatic carbocycles. The third-order valence-electron chi connectivity index (χ3n) is 1.80. The van der Waals surface area contributed by atoms with E-state index in [1.165, 1.54) is 0 Å². The number of nitrogens with zero attached hydrogens (tertiary/aromatic N) is 1. The zero-order chi connectivity index (χ0) is 11.3. The van der Waals surface area contributed by atoms with Gasteiger partial charge in [0.1, 0.15) is 17.9 Å². The Morgan fingerprint density at radius 1 is 1.53 bits per heavy atom. The van der Waals surface area contributed by atoms with Crippen LogP contribution in [0.1, 0.15) is 12.5 Å². The van der Waals surface area contributed by atoms with Crippen LogP contribution in [-0.2, 0) is 4.74 Å². The molecule has 0 aliphatic heterocycles. The highest BCUT2D eigenvalue weighted by Gasteiger charge is 2.05. The molecule has 0 aliphatic carbocycles. The van der Waals surface area contributed by atoms with Gasteiger partial charge in [0.05, 0.1) is 12.2 Å². The molecule has 1 atom stereocenters. The van der Waals surface area contributed by atoms with Crippen molar-refractivity contribution in [3.05, 3.63) is 28.2 Å². The molecular formula is C11H12BrNO2. The molecule has 0 saturated heterocycles. The van der Waals surface area contributed by atoms with E-state index >= 15 is 0 Å². The molecule has 3 nitrogen and oxygen atoms in total. The van der Waals surface area contributed by atoms with Crippen LogP contribution in [-0.4, -0.2) is 19.8 Å². The Morgan fingerprint density at radius 3 is 2.80 bits per heavy atom. The van der Waals surface area contributed by atoms with E-state index in [-0.39, 0.29) is 6.10 Å². The van der Waals surface area contributed by atoms with Crippen LogP contribution in [0.25, 0.3) is 0 Å². The summed E-state index contributed by atoms with van der Waals surface area (Å²) in [5, 5.41) is 8.73. The van der Waals surface area contributed by atoms with Gasteiger partial charge in [0.25, 0.3) is 0 Å². The Kier molecular flexibility index (Phi) is 4.60. The molecule has 0 bridgehead atoms. The monoisotopic (exact) mass is 269 g/mol. The van der Waals surface area contributed by atoms with Gasteiger partial charge in [0.15, 0.2) is 0 Å². The second-order valence-electron chi connectivity index (χ2n) is 3.14. The van der Waals surface area contributed by atoms with Gasteiger partial charge in [-0.25, -0.2) is 0 Å². The topological polar surface area (TPSA) is 42.2 Å². The van der Waals surface area contributed by atoms with E-state index < -0.39 is 0 Å². The second kappa shape index (κ2) is 5.74. The smallest absolute Gasteiger partial charge is 0.121 e. The lowest BCUT2D eigenvalue weighted by atomic mass is 10.2. The van der Waals surface area contributed by atoms with Gasteiger partial charge in [-0.15, -0.1) is 0 Å². The first kappa shape index (κ1) is 12.0. The fraction of sp³-hybridized carbons (Fsp3) is 0.364. The summed E-state index contributed by atoms with van der Waals surface area (Å²) in [5.74, 6) is 0.727. The van der Waals surface area contributed by atoms with E-state index in [2.05, 4.69) is 22.0 Å².